The summed E-state index contributed by atoms with van der Waals surface area (Å²) < 4.78 is 27.8. The molecule has 0 aromatic carbocycles. The fourth-order valence-corrected chi connectivity index (χ4v) is 2.56. The summed E-state index contributed by atoms with van der Waals surface area (Å²) in [7, 11) is 0. The number of hydrogen-bond donors (Lipinski definition) is 1. The van der Waals surface area contributed by atoms with Crippen LogP contribution in [-0.4, -0.2) is 36.7 Å². The molecule has 0 aliphatic heterocycles. The van der Waals surface area contributed by atoms with E-state index in [0.29, 0.717) is 12.8 Å². The molecule has 0 amide bonds. The van der Waals surface area contributed by atoms with Crippen molar-refractivity contribution in [3.05, 3.63) is 23.2 Å². The second kappa shape index (κ2) is 5.75. The Hall–Kier alpha value is -1.83. The molecule has 118 valence electrons. The van der Waals surface area contributed by atoms with Crippen molar-refractivity contribution in [3.8, 4) is 5.95 Å². The maximum absolute atomic E-state index is 13.2. The van der Waals surface area contributed by atoms with Crippen molar-refractivity contribution in [3.63, 3.8) is 0 Å². The fourth-order valence-electron chi connectivity index (χ4n) is 2.40. The number of nitrogens with zero attached hydrogens (tertiary/aromatic N) is 5. The van der Waals surface area contributed by atoms with E-state index in [1.165, 1.54) is 4.68 Å². The summed E-state index contributed by atoms with van der Waals surface area (Å²) in [6.45, 7) is 1.85. The molecule has 0 radical (unpaired) electrons. The fraction of sp³-hybridized carbons (Fsp3) is 0.538. The van der Waals surface area contributed by atoms with Gasteiger partial charge in [0.2, 0.25) is 17.2 Å². The third kappa shape index (κ3) is 3.49. The van der Waals surface area contributed by atoms with Crippen molar-refractivity contribution in [2.45, 2.75) is 44.6 Å². The molecule has 1 saturated carbocycles. The van der Waals surface area contributed by atoms with Gasteiger partial charge in [-0.1, -0.05) is 0 Å². The van der Waals surface area contributed by atoms with Crippen molar-refractivity contribution in [1.82, 2.24) is 24.7 Å². The zero-order valence-electron chi connectivity index (χ0n) is 11.9. The van der Waals surface area contributed by atoms with Gasteiger partial charge in [-0.2, -0.15) is 20.1 Å². The van der Waals surface area contributed by atoms with Crippen LogP contribution in [0.1, 0.15) is 31.4 Å². The van der Waals surface area contributed by atoms with E-state index in [1.807, 2.05) is 13.0 Å². The van der Waals surface area contributed by atoms with E-state index >= 15 is 0 Å². The first-order valence-corrected chi connectivity index (χ1v) is 7.38. The smallest absolute Gasteiger partial charge is 0.256 e. The Morgan fingerprint density at radius 2 is 2.00 bits per heavy atom. The maximum atomic E-state index is 13.2. The Kier molecular flexibility index (Phi) is 3.94. The van der Waals surface area contributed by atoms with E-state index in [4.69, 9.17) is 11.6 Å². The van der Waals surface area contributed by atoms with Crippen LogP contribution >= 0.6 is 11.6 Å². The lowest BCUT2D eigenvalue weighted by molar-refractivity contribution is -0.0361. The van der Waals surface area contributed by atoms with Crippen LogP contribution in [0.15, 0.2) is 12.3 Å². The van der Waals surface area contributed by atoms with Crippen LogP contribution in [0.5, 0.6) is 0 Å². The van der Waals surface area contributed by atoms with Crippen LogP contribution in [0.25, 0.3) is 5.95 Å². The third-order valence-electron chi connectivity index (χ3n) is 3.57. The number of aryl methyl sites for hydroxylation is 1. The number of hydrogen-bond acceptors (Lipinski definition) is 5. The van der Waals surface area contributed by atoms with Crippen molar-refractivity contribution in [2.24, 2.45) is 0 Å². The van der Waals surface area contributed by atoms with E-state index in [2.05, 4.69) is 25.4 Å². The molecular formula is C13H15ClF2N6. The second-order valence-electron chi connectivity index (χ2n) is 5.40. The van der Waals surface area contributed by atoms with Gasteiger partial charge in [-0.15, -0.1) is 0 Å². The average Bonchev–Trinajstić information content (AvgIpc) is 2.87. The van der Waals surface area contributed by atoms with Crippen LogP contribution in [0.4, 0.5) is 14.7 Å². The van der Waals surface area contributed by atoms with E-state index in [1.54, 1.807) is 6.20 Å². The molecule has 0 unspecified atom stereocenters. The van der Waals surface area contributed by atoms with Gasteiger partial charge < -0.3 is 5.32 Å². The zero-order valence-corrected chi connectivity index (χ0v) is 12.7. The summed E-state index contributed by atoms with van der Waals surface area (Å²) in [6.07, 6.45) is 2.19. The summed E-state index contributed by atoms with van der Waals surface area (Å²) >= 11 is 5.91. The third-order valence-corrected chi connectivity index (χ3v) is 3.74. The second-order valence-corrected chi connectivity index (χ2v) is 5.74. The number of aromatic nitrogens is 5. The van der Waals surface area contributed by atoms with Gasteiger partial charge in [-0.05, 0) is 37.4 Å². The molecule has 6 nitrogen and oxygen atoms in total. The molecule has 1 aliphatic carbocycles. The van der Waals surface area contributed by atoms with Gasteiger partial charge >= 0.3 is 0 Å². The van der Waals surface area contributed by atoms with Crippen molar-refractivity contribution < 1.29 is 8.78 Å². The highest BCUT2D eigenvalue weighted by molar-refractivity contribution is 6.28. The van der Waals surface area contributed by atoms with Crippen LogP contribution < -0.4 is 5.32 Å². The maximum Gasteiger partial charge on any atom is 0.256 e. The molecule has 0 atom stereocenters. The lowest BCUT2D eigenvalue weighted by Crippen LogP contribution is -2.32. The van der Waals surface area contributed by atoms with Gasteiger partial charge in [0, 0.05) is 25.1 Å². The first-order chi connectivity index (χ1) is 10.4. The monoisotopic (exact) mass is 328 g/mol. The average molecular weight is 329 g/mol. The Morgan fingerprint density at radius 3 is 2.64 bits per heavy atom. The topological polar surface area (TPSA) is 68.5 Å². The summed E-state index contributed by atoms with van der Waals surface area (Å²) in [4.78, 5) is 12.3. The molecule has 0 bridgehead atoms. The van der Waals surface area contributed by atoms with Crippen LogP contribution in [0.3, 0.4) is 0 Å². The Bertz CT molecular complexity index is 664. The highest BCUT2D eigenvalue weighted by atomic mass is 35.5. The first-order valence-electron chi connectivity index (χ1n) is 7.00. The lowest BCUT2D eigenvalue weighted by atomic mass is 9.92. The first kappa shape index (κ1) is 15.1. The quantitative estimate of drug-likeness (QED) is 0.938. The highest BCUT2D eigenvalue weighted by Crippen LogP contribution is 2.33. The number of nitrogens with one attached hydrogen (secondary N) is 1. The van der Waals surface area contributed by atoms with Gasteiger partial charge in [0.15, 0.2) is 0 Å². The molecular weight excluding hydrogens is 314 g/mol. The summed E-state index contributed by atoms with van der Waals surface area (Å²) in [5.74, 6) is -2.00. The molecule has 1 fully saturated rings. The number of rotatable bonds is 3. The minimum absolute atomic E-state index is 0.0294. The predicted molar refractivity (Wildman–Crippen MR) is 77.5 cm³/mol. The Morgan fingerprint density at radius 1 is 1.27 bits per heavy atom. The van der Waals surface area contributed by atoms with Gasteiger partial charge in [0.05, 0.1) is 5.69 Å². The molecule has 3 rings (SSSR count). The van der Waals surface area contributed by atoms with Crippen molar-refractivity contribution in [1.29, 1.82) is 0 Å². The molecule has 9 heteroatoms. The van der Waals surface area contributed by atoms with E-state index < -0.39 is 5.92 Å². The summed E-state index contributed by atoms with van der Waals surface area (Å²) in [5, 5.41) is 7.29. The minimum Gasteiger partial charge on any atom is -0.351 e. The Labute approximate surface area is 130 Å². The number of alkyl halides is 2. The molecule has 1 aliphatic rings. The molecule has 1 N–H and O–H groups in total. The van der Waals surface area contributed by atoms with Crippen molar-refractivity contribution in [2.75, 3.05) is 5.32 Å². The van der Waals surface area contributed by atoms with Crippen LogP contribution in [0, 0.1) is 6.92 Å². The minimum atomic E-state index is -2.56. The Balaban J connectivity index is 1.76. The van der Waals surface area contributed by atoms with Crippen LogP contribution in [0.2, 0.25) is 5.28 Å². The molecule has 2 aromatic heterocycles. The normalized spacial score (nSPS) is 18.4. The standard InChI is InChI=1S/C13H15ClF2N6/c1-8-4-7-22(21-8)12-19-10(14)18-11(20-12)17-9-2-5-13(15,16)6-3-9/h4,7,9H,2-3,5-6H2,1H3,(H,17,18,19,20). The molecule has 2 heterocycles. The highest BCUT2D eigenvalue weighted by Gasteiger charge is 2.35. The van der Waals surface area contributed by atoms with E-state index in [9.17, 15) is 8.78 Å². The molecule has 0 spiro atoms. The van der Waals surface area contributed by atoms with Crippen LogP contribution in [-0.2, 0) is 0 Å². The van der Waals surface area contributed by atoms with E-state index in [0.717, 1.165) is 5.69 Å². The van der Waals surface area contributed by atoms with Gasteiger partial charge in [-0.25, -0.2) is 13.5 Å². The number of halogens is 3. The largest absolute Gasteiger partial charge is 0.351 e. The zero-order chi connectivity index (χ0) is 15.7. The van der Waals surface area contributed by atoms with E-state index in [-0.39, 0.29) is 36.1 Å². The predicted octanol–water partition coefficient (Wildman–Crippen LogP) is 3.01. The van der Waals surface area contributed by atoms with Gasteiger partial charge in [0.25, 0.3) is 5.95 Å². The van der Waals surface area contributed by atoms with Crippen molar-refractivity contribution >= 4 is 17.5 Å². The lowest BCUT2D eigenvalue weighted by Gasteiger charge is -2.28. The SMILES string of the molecule is Cc1ccn(-c2nc(Cl)nc(NC3CCC(F)(F)CC3)n2)n1. The molecule has 22 heavy (non-hydrogen) atoms. The molecule has 2 aromatic rings. The summed E-state index contributed by atoms with van der Waals surface area (Å²) in [5.41, 5.74) is 0.820. The van der Waals surface area contributed by atoms with Gasteiger partial charge in [-0.3, -0.25) is 0 Å². The van der Waals surface area contributed by atoms with Gasteiger partial charge in [0.1, 0.15) is 0 Å². The molecule has 0 saturated heterocycles. The number of anilines is 1. The summed E-state index contributed by atoms with van der Waals surface area (Å²) in [6, 6.07) is 1.72.